The molecule has 1 aromatic rings. The standard InChI is InChI=1S/C17H25NO5/c1-17(2,3)23-16(21)14(18)11-12-6-8-13(9-7-12)22-10-4-5-15(19)20/h6-9,14H,4-5,10-11,18H2,1-3H3,(H,19,20)/t14-/m0/s1. The molecular weight excluding hydrogens is 298 g/mol. The van der Waals surface area contributed by atoms with E-state index in [0.29, 0.717) is 25.2 Å². The highest BCUT2D eigenvalue weighted by Crippen LogP contribution is 2.15. The van der Waals surface area contributed by atoms with Gasteiger partial charge >= 0.3 is 11.9 Å². The molecule has 0 fully saturated rings. The van der Waals surface area contributed by atoms with Crippen LogP contribution in [0.2, 0.25) is 0 Å². The van der Waals surface area contributed by atoms with E-state index in [-0.39, 0.29) is 6.42 Å². The van der Waals surface area contributed by atoms with Crippen LogP contribution in [0.5, 0.6) is 5.75 Å². The molecule has 6 heteroatoms. The first-order valence-corrected chi connectivity index (χ1v) is 7.59. The van der Waals surface area contributed by atoms with Crippen LogP contribution in [0.3, 0.4) is 0 Å². The molecule has 0 saturated carbocycles. The fourth-order valence-corrected chi connectivity index (χ4v) is 1.85. The second-order valence-electron chi connectivity index (χ2n) is 6.33. The van der Waals surface area contributed by atoms with Crippen molar-refractivity contribution < 1.29 is 24.2 Å². The number of carboxylic acids is 1. The highest BCUT2D eigenvalue weighted by molar-refractivity contribution is 5.76. The third-order valence-electron chi connectivity index (χ3n) is 2.89. The van der Waals surface area contributed by atoms with Gasteiger partial charge in [0.1, 0.15) is 17.4 Å². The topological polar surface area (TPSA) is 98.9 Å². The number of esters is 1. The first-order valence-electron chi connectivity index (χ1n) is 7.59. The molecule has 0 amide bonds. The van der Waals surface area contributed by atoms with E-state index in [4.69, 9.17) is 20.3 Å². The van der Waals surface area contributed by atoms with E-state index >= 15 is 0 Å². The third kappa shape index (κ3) is 8.21. The highest BCUT2D eigenvalue weighted by Gasteiger charge is 2.22. The van der Waals surface area contributed by atoms with Gasteiger partial charge in [-0.3, -0.25) is 9.59 Å². The number of aliphatic carboxylic acids is 1. The van der Waals surface area contributed by atoms with Crippen molar-refractivity contribution in [3.63, 3.8) is 0 Å². The molecular formula is C17H25NO5. The van der Waals surface area contributed by atoms with Crippen molar-refractivity contribution in [2.75, 3.05) is 6.61 Å². The molecule has 1 aromatic carbocycles. The number of hydrogen-bond donors (Lipinski definition) is 2. The van der Waals surface area contributed by atoms with Crippen LogP contribution >= 0.6 is 0 Å². The molecule has 0 aromatic heterocycles. The van der Waals surface area contributed by atoms with Crippen LogP contribution in [0, 0.1) is 0 Å². The van der Waals surface area contributed by atoms with Gasteiger partial charge < -0.3 is 20.3 Å². The Morgan fingerprint density at radius 3 is 2.35 bits per heavy atom. The lowest BCUT2D eigenvalue weighted by molar-refractivity contribution is -0.156. The number of rotatable bonds is 8. The van der Waals surface area contributed by atoms with E-state index in [1.54, 1.807) is 32.9 Å². The maximum atomic E-state index is 11.8. The van der Waals surface area contributed by atoms with Crippen LogP contribution in [0.1, 0.15) is 39.2 Å². The van der Waals surface area contributed by atoms with Crippen molar-refractivity contribution in [1.82, 2.24) is 0 Å². The molecule has 0 bridgehead atoms. The van der Waals surface area contributed by atoms with Crippen molar-refractivity contribution in [2.24, 2.45) is 5.73 Å². The van der Waals surface area contributed by atoms with Crippen molar-refractivity contribution in [3.05, 3.63) is 29.8 Å². The Bertz CT molecular complexity index is 519. The molecule has 6 nitrogen and oxygen atoms in total. The SMILES string of the molecule is CC(C)(C)OC(=O)[C@@H](N)Cc1ccc(OCCCC(=O)O)cc1. The molecule has 0 unspecified atom stereocenters. The number of nitrogens with two attached hydrogens (primary N) is 1. The summed E-state index contributed by atoms with van der Waals surface area (Å²) in [6.45, 7) is 5.75. The number of hydrogen-bond acceptors (Lipinski definition) is 5. The van der Waals surface area contributed by atoms with Gasteiger partial charge in [-0.25, -0.2) is 0 Å². The minimum Gasteiger partial charge on any atom is -0.494 e. The van der Waals surface area contributed by atoms with Gasteiger partial charge in [-0.2, -0.15) is 0 Å². The number of carbonyl (C=O) groups is 2. The maximum Gasteiger partial charge on any atom is 0.323 e. The molecule has 1 atom stereocenters. The Hall–Kier alpha value is -2.08. The van der Waals surface area contributed by atoms with Gasteiger partial charge in [0.15, 0.2) is 0 Å². The summed E-state index contributed by atoms with van der Waals surface area (Å²) in [4.78, 5) is 22.2. The summed E-state index contributed by atoms with van der Waals surface area (Å²) in [7, 11) is 0. The Morgan fingerprint density at radius 2 is 1.83 bits per heavy atom. The van der Waals surface area contributed by atoms with Crippen LogP contribution in [-0.2, 0) is 20.7 Å². The molecule has 0 spiro atoms. The van der Waals surface area contributed by atoms with Gasteiger partial charge in [0.05, 0.1) is 6.61 Å². The summed E-state index contributed by atoms with van der Waals surface area (Å²) in [5.74, 6) is -0.600. The zero-order chi connectivity index (χ0) is 17.5. The lowest BCUT2D eigenvalue weighted by Gasteiger charge is -2.22. The second kappa shape index (κ2) is 8.53. The van der Waals surface area contributed by atoms with E-state index in [1.807, 2.05) is 12.1 Å². The summed E-state index contributed by atoms with van der Waals surface area (Å²) >= 11 is 0. The van der Waals surface area contributed by atoms with Crippen LogP contribution in [0.4, 0.5) is 0 Å². The van der Waals surface area contributed by atoms with Crippen molar-refractivity contribution in [1.29, 1.82) is 0 Å². The molecule has 23 heavy (non-hydrogen) atoms. The van der Waals surface area contributed by atoms with E-state index in [2.05, 4.69) is 0 Å². The minimum absolute atomic E-state index is 0.0861. The predicted octanol–water partition coefficient (Wildman–Crippen LogP) is 2.14. The molecule has 0 saturated heterocycles. The molecule has 1 rings (SSSR count). The second-order valence-corrected chi connectivity index (χ2v) is 6.33. The molecule has 0 aliphatic heterocycles. The molecule has 0 heterocycles. The Morgan fingerprint density at radius 1 is 1.22 bits per heavy atom. The third-order valence-corrected chi connectivity index (χ3v) is 2.89. The van der Waals surface area contributed by atoms with Gasteiger partial charge in [-0.1, -0.05) is 12.1 Å². The van der Waals surface area contributed by atoms with Crippen molar-refractivity contribution in [2.45, 2.75) is 51.7 Å². The van der Waals surface area contributed by atoms with Gasteiger partial charge in [0.25, 0.3) is 0 Å². The summed E-state index contributed by atoms with van der Waals surface area (Å²) in [6.07, 6.45) is 0.928. The van der Waals surface area contributed by atoms with Crippen LogP contribution in [0.25, 0.3) is 0 Å². The first kappa shape index (κ1) is 19.0. The minimum atomic E-state index is -0.833. The lowest BCUT2D eigenvalue weighted by Crippen LogP contribution is -2.38. The number of carbonyl (C=O) groups excluding carboxylic acids is 1. The summed E-state index contributed by atoms with van der Waals surface area (Å²) in [5, 5.41) is 8.54. The molecule has 0 aliphatic rings. The van der Waals surface area contributed by atoms with Crippen LogP contribution in [0.15, 0.2) is 24.3 Å². The monoisotopic (exact) mass is 323 g/mol. The lowest BCUT2D eigenvalue weighted by atomic mass is 10.1. The highest BCUT2D eigenvalue weighted by atomic mass is 16.6. The first-order chi connectivity index (χ1) is 10.7. The zero-order valence-electron chi connectivity index (χ0n) is 13.9. The average molecular weight is 323 g/mol. The maximum absolute atomic E-state index is 11.8. The smallest absolute Gasteiger partial charge is 0.323 e. The molecule has 128 valence electrons. The molecule has 0 radical (unpaired) electrons. The Balaban J connectivity index is 2.44. The largest absolute Gasteiger partial charge is 0.494 e. The van der Waals surface area contributed by atoms with Gasteiger partial charge in [-0.15, -0.1) is 0 Å². The molecule has 3 N–H and O–H groups in total. The average Bonchev–Trinajstić information content (AvgIpc) is 2.43. The number of ether oxygens (including phenoxy) is 2. The normalized spacial score (nSPS) is 12.5. The van der Waals surface area contributed by atoms with Crippen LogP contribution < -0.4 is 10.5 Å². The van der Waals surface area contributed by atoms with Gasteiger partial charge in [0, 0.05) is 6.42 Å². The summed E-state index contributed by atoms with van der Waals surface area (Å²) in [5.41, 5.74) is 6.21. The van der Waals surface area contributed by atoms with E-state index < -0.39 is 23.6 Å². The van der Waals surface area contributed by atoms with Crippen molar-refractivity contribution in [3.8, 4) is 5.75 Å². The van der Waals surface area contributed by atoms with Crippen LogP contribution in [-0.4, -0.2) is 35.3 Å². The quantitative estimate of drug-likeness (QED) is 0.562. The van der Waals surface area contributed by atoms with Crippen molar-refractivity contribution >= 4 is 11.9 Å². The Kier molecular flexibility index (Phi) is 7.03. The Labute approximate surface area is 136 Å². The summed E-state index contributed by atoms with van der Waals surface area (Å²) in [6, 6.07) is 6.50. The molecule has 0 aliphatic carbocycles. The van der Waals surface area contributed by atoms with E-state index in [9.17, 15) is 9.59 Å². The van der Waals surface area contributed by atoms with E-state index in [1.165, 1.54) is 0 Å². The number of carboxylic acid groups (broad SMARTS) is 1. The van der Waals surface area contributed by atoms with E-state index in [0.717, 1.165) is 5.56 Å². The fraction of sp³-hybridized carbons (Fsp3) is 0.529. The van der Waals surface area contributed by atoms with Gasteiger partial charge in [-0.05, 0) is 51.3 Å². The fourth-order valence-electron chi connectivity index (χ4n) is 1.85. The predicted molar refractivity (Wildman–Crippen MR) is 86.3 cm³/mol. The number of benzene rings is 1. The zero-order valence-corrected chi connectivity index (χ0v) is 13.9. The van der Waals surface area contributed by atoms with Gasteiger partial charge in [0.2, 0.25) is 0 Å². The summed E-state index contributed by atoms with van der Waals surface area (Å²) < 4.78 is 10.7.